The first kappa shape index (κ1) is 36.3. The van der Waals surface area contributed by atoms with Gasteiger partial charge in [-0.1, -0.05) is 56.3 Å². The third-order valence-corrected chi connectivity index (χ3v) is 8.13. The summed E-state index contributed by atoms with van der Waals surface area (Å²) in [5.74, 6) is -3.09. The van der Waals surface area contributed by atoms with Gasteiger partial charge >= 0.3 is 0 Å². The van der Waals surface area contributed by atoms with E-state index in [0.717, 1.165) is 5.56 Å². The van der Waals surface area contributed by atoms with Gasteiger partial charge in [0, 0.05) is 31.1 Å². The molecular formula is C35H43N7O7. The molecule has 2 aromatic carbocycles. The predicted octanol–water partition coefficient (Wildman–Crippen LogP) is 1.18. The van der Waals surface area contributed by atoms with Gasteiger partial charge in [-0.05, 0) is 43.4 Å². The number of hydrogen-bond donors (Lipinski definition) is 5. The predicted molar refractivity (Wildman–Crippen MR) is 180 cm³/mol. The van der Waals surface area contributed by atoms with Gasteiger partial charge in [-0.25, -0.2) is 4.98 Å². The molecule has 1 fully saturated rings. The summed E-state index contributed by atoms with van der Waals surface area (Å²) >= 11 is 0. The number of rotatable bonds is 6. The number of oxazole rings is 1. The van der Waals surface area contributed by atoms with Gasteiger partial charge < -0.3 is 35.9 Å². The van der Waals surface area contributed by atoms with Crippen LogP contribution in [0.5, 0.6) is 0 Å². The number of benzene rings is 2. The monoisotopic (exact) mass is 673 g/mol. The number of amides is 6. The first-order chi connectivity index (χ1) is 23.4. The Morgan fingerprint density at radius 2 is 1.67 bits per heavy atom. The molecular weight excluding hydrogens is 630 g/mol. The molecule has 1 aromatic heterocycles. The minimum Gasteiger partial charge on any atom is -0.444 e. The van der Waals surface area contributed by atoms with E-state index < -0.39 is 59.6 Å². The van der Waals surface area contributed by atoms with E-state index in [1.54, 1.807) is 44.3 Å². The zero-order valence-electron chi connectivity index (χ0n) is 28.0. The van der Waals surface area contributed by atoms with Crippen LogP contribution in [0.25, 0.3) is 11.3 Å². The molecule has 4 atom stereocenters. The van der Waals surface area contributed by atoms with Gasteiger partial charge in [0.15, 0.2) is 12.2 Å². The molecule has 5 N–H and O–H groups in total. The molecule has 0 aliphatic carbocycles. The van der Waals surface area contributed by atoms with Crippen molar-refractivity contribution in [1.82, 2.24) is 36.5 Å². The molecule has 49 heavy (non-hydrogen) atoms. The quantitative estimate of drug-likeness (QED) is 0.258. The average molecular weight is 674 g/mol. The minimum atomic E-state index is -1.07. The van der Waals surface area contributed by atoms with E-state index in [4.69, 9.17) is 4.42 Å². The Labute approximate surface area is 284 Å². The lowest BCUT2D eigenvalue weighted by Gasteiger charge is -2.28. The fourth-order valence-electron chi connectivity index (χ4n) is 5.31. The van der Waals surface area contributed by atoms with Crippen molar-refractivity contribution in [1.29, 1.82) is 0 Å². The van der Waals surface area contributed by atoms with Crippen LogP contribution in [-0.4, -0.2) is 89.6 Å². The highest BCUT2D eigenvalue weighted by atomic mass is 16.3. The number of likely N-dealkylation sites (N-methyl/N-ethyl adjacent to an activating group) is 1. The highest BCUT2D eigenvalue weighted by molar-refractivity contribution is 5.99. The van der Waals surface area contributed by atoms with Crippen LogP contribution in [0.2, 0.25) is 0 Å². The second kappa shape index (κ2) is 17.0. The summed E-state index contributed by atoms with van der Waals surface area (Å²) in [6, 6.07) is 11.5. The maximum atomic E-state index is 13.6. The Kier molecular flexibility index (Phi) is 12.6. The van der Waals surface area contributed by atoms with E-state index in [0.29, 0.717) is 23.3 Å². The normalized spacial score (nSPS) is 21.9. The lowest BCUT2D eigenvalue weighted by molar-refractivity contribution is -0.139. The minimum absolute atomic E-state index is 0.132. The van der Waals surface area contributed by atoms with Crippen molar-refractivity contribution in [2.75, 3.05) is 20.1 Å². The van der Waals surface area contributed by atoms with E-state index in [1.165, 1.54) is 25.3 Å². The topological polar surface area (TPSA) is 192 Å². The van der Waals surface area contributed by atoms with Gasteiger partial charge in [-0.15, -0.1) is 0 Å². The zero-order valence-corrected chi connectivity index (χ0v) is 28.0. The average Bonchev–Trinajstić information content (AvgIpc) is 3.63. The lowest BCUT2D eigenvalue weighted by Crippen LogP contribution is -2.59. The number of nitrogens with zero attached hydrogens (tertiary/aromatic N) is 2. The maximum absolute atomic E-state index is 13.6. The number of aromatic nitrogens is 1. The molecule has 14 heteroatoms. The van der Waals surface area contributed by atoms with Crippen molar-refractivity contribution >= 4 is 35.4 Å². The zero-order chi connectivity index (χ0) is 35.5. The number of nitrogens with one attached hydrogen (secondary N) is 5. The highest BCUT2D eigenvalue weighted by Gasteiger charge is 2.32. The highest BCUT2D eigenvalue weighted by Crippen LogP contribution is 2.19. The molecule has 6 amide bonds. The number of hydrogen-bond acceptors (Lipinski definition) is 8. The van der Waals surface area contributed by atoms with Crippen LogP contribution < -0.4 is 26.6 Å². The van der Waals surface area contributed by atoms with E-state index in [-0.39, 0.29) is 31.8 Å². The summed E-state index contributed by atoms with van der Waals surface area (Å²) in [5, 5.41) is 13.6. The van der Waals surface area contributed by atoms with Gasteiger partial charge in [0.05, 0.1) is 12.7 Å². The Morgan fingerprint density at radius 3 is 2.33 bits per heavy atom. The van der Waals surface area contributed by atoms with E-state index in [9.17, 15) is 28.8 Å². The second-order valence-corrected chi connectivity index (χ2v) is 12.4. The van der Waals surface area contributed by atoms with Crippen LogP contribution in [-0.2, 0) is 30.4 Å². The first-order valence-corrected chi connectivity index (χ1v) is 16.2. The van der Waals surface area contributed by atoms with Crippen LogP contribution in [0, 0.1) is 5.92 Å². The number of carbonyl (C=O) groups excluding carboxylic acids is 6. The van der Waals surface area contributed by atoms with Crippen LogP contribution >= 0.6 is 0 Å². The molecule has 2 heterocycles. The maximum Gasteiger partial charge on any atom is 0.251 e. The van der Waals surface area contributed by atoms with Gasteiger partial charge in [-0.3, -0.25) is 28.8 Å². The van der Waals surface area contributed by atoms with Crippen molar-refractivity contribution in [2.24, 2.45) is 5.92 Å². The van der Waals surface area contributed by atoms with Crippen molar-refractivity contribution in [2.45, 2.75) is 64.2 Å². The van der Waals surface area contributed by atoms with Gasteiger partial charge in [0.25, 0.3) is 5.91 Å². The molecule has 3 aromatic rings. The van der Waals surface area contributed by atoms with Crippen LogP contribution in [0.4, 0.5) is 0 Å². The van der Waals surface area contributed by atoms with Crippen LogP contribution in [0.15, 0.2) is 71.6 Å². The lowest BCUT2D eigenvalue weighted by atomic mass is 10.0. The fraction of sp³-hybridized carbons (Fsp3) is 0.400. The smallest absolute Gasteiger partial charge is 0.251 e. The summed E-state index contributed by atoms with van der Waals surface area (Å²) in [6.07, 6.45) is 3.45. The third kappa shape index (κ3) is 10.2. The molecule has 0 saturated carbocycles. The summed E-state index contributed by atoms with van der Waals surface area (Å²) in [4.78, 5) is 85.0. The molecule has 1 saturated heterocycles. The molecule has 4 rings (SSSR count). The standard InChI is InChI=1S/C35H43N7O7/c1-21(2)30-34(47)38-22(3)31(44)40-27(17-23-9-6-5-7-10-23)35(48)42(4)19-29(43)37-16-8-11-26(33(46)41-30)39-32(45)25-14-12-24(13-15-25)28-18-36-20-49-28/h5-7,9-10,12-15,18,20-22,26-27,30H,8,11,16-17,19H2,1-4H3,(H,37,43)(H,38,47)(H,39,45)(H,40,44)(H,41,46)/t22-,26+,27+,30-/m1/s1. The van der Waals surface area contributed by atoms with Gasteiger partial charge in [-0.2, -0.15) is 0 Å². The molecule has 14 nitrogen and oxygen atoms in total. The summed E-state index contributed by atoms with van der Waals surface area (Å²) in [5.41, 5.74) is 1.80. The Bertz CT molecular complexity index is 1610. The van der Waals surface area contributed by atoms with E-state index >= 15 is 0 Å². The van der Waals surface area contributed by atoms with Gasteiger partial charge in [0.2, 0.25) is 29.5 Å². The molecule has 0 spiro atoms. The molecule has 1 aliphatic heterocycles. The summed E-state index contributed by atoms with van der Waals surface area (Å²) < 4.78 is 5.29. The van der Waals surface area contributed by atoms with Crippen molar-refractivity contribution in [3.63, 3.8) is 0 Å². The van der Waals surface area contributed by atoms with Crippen molar-refractivity contribution in [3.05, 3.63) is 78.3 Å². The van der Waals surface area contributed by atoms with E-state index in [1.807, 2.05) is 30.3 Å². The van der Waals surface area contributed by atoms with E-state index in [2.05, 4.69) is 31.6 Å². The Morgan fingerprint density at radius 1 is 0.959 bits per heavy atom. The molecule has 0 radical (unpaired) electrons. The first-order valence-electron chi connectivity index (χ1n) is 16.2. The van der Waals surface area contributed by atoms with Crippen LogP contribution in [0.1, 0.15) is 49.5 Å². The SMILES string of the molecule is CC(C)[C@H]1NC(=O)[C@@H](NC(=O)c2ccc(-c3cnco3)cc2)CCCNC(=O)CN(C)C(=O)[C@H](Cc2ccccc2)NC(=O)[C@@H](C)NC1=O. The Hall–Kier alpha value is -5.53. The molecule has 260 valence electrons. The molecule has 1 aliphatic rings. The van der Waals surface area contributed by atoms with Crippen LogP contribution in [0.3, 0.4) is 0 Å². The Balaban J connectivity index is 1.53. The second-order valence-electron chi connectivity index (χ2n) is 12.4. The van der Waals surface area contributed by atoms with Gasteiger partial charge in [0.1, 0.15) is 24.2 Å². The fourth-order valence-corrected chi connectivity index (χ4v) is 5.31. The summed E-state index contributed by atoms with van der Waals surface area (Å²) in [7, 11) is 1.47. The third-order valence-electron chi connectivity index (χ3n) is 8.13. The largest absolute Gasteiger partial charge is 0.444 e. The molecule has 0 unspecified atom stereocenters. The number of carbonyl (C=O) groups is 6. The molecule has 0 bridgehead atoms. The summed E-state index contributed by atoms with van der Waals surface area (Å²) in [6.45, 7) is 4.84. The van der Waals surface area contributed by atoms with Crippen molar-refractivity contribution < 1.29 is 33.2 Å². The van der Waals surface area contributed by atoms with Crippen molar-refractivity contribution in [3.8, 4) is 11.3 Å².